The van der Waals surface area contributed by atoms with Gasteiger partial charge in [-0.1, -0.05) is 45.4 Å². The van der Waals surface area contributed by atoms with Crippen LogP contribution in [0.15, 0.2) is 18.2 Å². The minimum Gasteiger partial charge on any atom is -0.493 e. The summed E-state index contributed by atoms with van der Waals surface area (Å²) in [6.07, 6.45) is 4.72. The highest BCUT2D eigenvalue weighted by Crippen LogP contribution is 2.48. The molecule has 0 saturated heterocycles. The van der Waals surface area contributed by atoms with Gasteiger partial charge in [0.2, 0.25) is 0 Å². The Morgan fingerprint density at radius 3 is 2.80 bits per heavy atom. The van der Waals surface area contributed by atoms with E-state index in [4.69, 9.17) is 16.3 Å². The van der Waals surface area contributed by atoms with E-state index < -0.39 is 0 Å². The van der Waals surface area contributed by atoms with Gasteiger partial charge in [-0.25, -0.2) is 0 Å². The number of hydrogen-bond donors (Lipinski definition) is 0. The van der Waals surface area contributed by atoms with Crippen molar-refractivity contribution in [1.29, 1.82) is 0 Å². The smallest absolute Gasteiger partial charge is 0.126 e. The zero-order valence-corrected chi connectivity index (χ0v) is 13.5. The lowest BCUT2D eigenvalue weighted by Crippen LogP contribution is -2.39. The van der Waals surface area contributed by atoms with Gasteiger partial charge in [0.1, 0.15) is 5.75 Å². The molecule has 0 amide bonds. The molecule has 1 aliphatic carbocycles. The van der Waals surface area contributed by atoms with E-state index in [0.717, 1.165) is 31.1 Å². The molecule has 3 atom stereocenters. The quantitative estimate of drug-likeness (QED) is 0.701. The molecule has 1 heterocycles. The molecule has 3 rings (SSSR count). The van der Waals surface area contributed by atoms with E-state index in [0.29, 0.717) is 5.92 Å². The SMILES string of the molecule is CC1CCC(C(C)(C)c2cccc3c2OCC3)C(Cl)C1. The lowest BCUT2D eigenvalue weighted by Gasteiger charge is -2.42. The van der Waals surface area contributed by atoms with Gasteiger partial charge in [-0.05, 0) is 35.7 Å². The zero-order valence-electron chi connectivity index (χ0n) is 12.8. The lowest BCUT2D eigenvalue weighted by molar-refractivity contribution is 0.203. The van der Waals surface area contributed by atoms with Crippen LogP contribution in [-0.2, 0) is 11.8 Å². The molecular weight excluding hydrogens is 268 g/mol. The number of hydrogen-bond acceptors (Lipinski definition) is 1. The van der Waals surface area contributed by atoms with Crippen molar-refractivity contribution < 1.29 is 4.74 Å². The maximum absolute atomic E-state index is 6.72. The molecule has 1 aromatic rings. The Morgan fingerprint density at radius 1 is 1.25 bits per heavy atom. The van der Waals surface area contributed by atoms with Gasteiger partial charge in [0.05, 0.1) is 6.61 Å². The first-order chi connectivity index (χ1) is 9.50. The summed E-state index contributed by atoms with van der Waals surface area (Å²) in [5.41, 5.74) is 2.81. The second-order valence-corrected chi connectivity index (χ2v) is 7.72. The van der Waals surface area contributed by atoms with E-state index in [1.54, 1.807) is 0 Å². The molecule has 0 bridgehead atoms. The summed E-state index contributed by atoms with van der Waals surface area (Å²) < 4.78 is 5.92. The Bertz CT molecular complexity index is 494. The van der Waals surface area contributed by atoms with Crippen LogP contribution in [0.4, 0.5) is 0 Å². The van der Waals surface area contributed by atoms with Crippen molar-refractivity contribution in [2.24, 2.45) is 11.8 Å². The third-order valence-corrected chi connectivity index (χ3v) is 5.85. The van der Waals surface area contributed by atoms with Gasteiger partial charge < -0.3 is 4.74 Å². The predicted octanol–water partition coefficient (Wildman–Crippen LogP) is 4.94. The van der Waals surface area contributed by atoms with Gasteiger partial charge in [-0.15, -0.1) is 11.6 Å². The summed E-state index contributed by atoms with van der Waals surface area (Å²) >= 11 is 6.72. The monoisotopic (exact) mass is 292 g/mol. The van der Waals surface area contributed by atoms with Crippen molar-refractivity contribution in [3.63, 3.8) is 0 Å². The molecule has 0 aromatic heterocycles. The van der Waals surface area contributed by atoms with Gasteiger partial charge in [0.25, 0.3) is 0 Å². The second kappa shape index (κ2) is 5.26. The van der Waals surface area contributed by atoms with E-state index in [1.807, 2.05) is 0 Å². The Morgan fingerprint density at radius 2 is 2.05 bits per heavy atom. The first-order valence-electron chi connectivity index (χ1n) is 7.89. The van der Waals surface area contributed by atoms with Crippen LogP contribution in [-0.4, -0.2) is 12.0 Å². The minimum atomic E-state index is 0.0856. The number of fused-ring (bicyclic) bond motifs is 1. The number of alkyl halides is 1. The molecule has 0 radical (unpaired) electrons. The highest BCUT2D eigenvalue weighted by Gasteiger charge is 2.41. The molecule has 1 aliphatic heterocycles. The molecule has 3 unspecified atom stereocenters. The fourth-order valence-corrected chi connectivity index (χ4v) is 4.79. The number of benzene rings is 1. The van der Waals surface area contributed by atoms with Crippen LogP contribution in [0.1, 0.15) is 51.2 Å². The third-order valence-electron chi connectivity index (χ3n) is 5.37. The molecule has 1 nitrogen and oxygen atoms in total. The van der Waals surface area contributed by atoms with E-state index in [-0.39, 0.29) is 10.8 Å². The number of halogens is 1. The van der Waals surface area contributed by atoms with Crippen molar-refractivity contribution >= 4 is 11.6 Å². The van der Waals surface area contributed by atoms with Gasteiger partial charge >= 0.3 is 0 Å². The van der Waals surface area contributed by atoms with Crippen LogP contribution < -0.4 is 4.74 Å². The summed E-state index contributed by atoms with van der Waals surface area (Å²) in [6, 6.07) is 6.62. The van der Waals surface area contributed by atoms with Crippen molar-refractivity contribution in [3.8, 4) is 5.75 Å². The van der Waals surface area contributed by atoms with Gasteiger partial charge in [0, 0.05) is 17.4 Å². The van der Waals surface area contributed by atoms with Crippen molar-refractivity contribution in [1.82, 2.24) is 0 Å². The van der Waals surface area contributed by atoms with Crippen molar-refractivity contribution in [3.05, 3.63) is 29.3 Å². The van der Waals surface area contributed by atoms with Gasteiger partial charge in [0.15, 0.2) is 0 Å². The number of para-hydroxylation sites is 1. The van der Waals surface area contributed by atoms with Crippen LogP contribution in [0.5, 0.6) is 5.75 Å². The van der Waals surface area contributed by atoms with E-state index in [2.05, 4.69) is 39.0 Å². The Kier molecular flexibility index (Phi) is 3.75. The normalized spacial score (nSPS) is 29.9. The Hall–Kier alpha value is -0.690. The summed E-state index contributed by atoms with van der Waals surface area (Å²) in [4.78, 5) is 0. The topological polar surface area (TPSA) is 9.23 Å². The van der Waals surface area contributed by atoms with Crippen molar-refractivity contribution in [2.45, 2.75) is 57.2 Å². The van der Waals surface area contributed by atoms with Crippen LogP contribution in [0.2, 0.25) is 0 Å². The summed E-state index contributed by atoms with van der Waals surface area (Å²) in [5, 5.41) is 0.283. The van der Waals surface area contributed by atoms with Gasteiger partial charge in [-0.2, -0.15) is 0 Å². The predicted molar refractivity (Wildman–Crippen MR) is 84.8 cm³/mol. The molecule has 20 heavy (non-hydrogen) atoms. The maximum atomic E-state index is 6.72. The molecule has 2 heteroatoms. The first kappa shape index (κ1) is 14.3. The molecule has 1 aromatic carbocycles. The average molecular weight is 293 g/mol. The summed E-state index contributed by atoms with van der Waals surface area (Å²) in [7, 11) is 0. The van der Waals surface area contributed by atoms with Gasteiger partial charge in [-0.3, -0.25) is 0 Å². The molecule has 1 fully saturated rings. The van der Waals surface area contributed by atoms with E-state index in [9.17, 15) is 0 Å². The molecule has 110 valence electrons. The Labute approximate surface area is 127 Å². The van der Waals surface area contributed by atoms with Crippen LogP contribution in [0.3, 0.4) is 0 Å². The molecule has 1 saturated carbocycles. The second-order valence-electron chi connectivity index (χ2n) is 7.15. The molecule has 0 spiro atoms. The summed E-state index contributed by atoms with van der Waals surface area (Å²) in [5.74, 6) is 2.44. The van der Waals surface area contributed by atoms with Crippen LogP contribution in [0, 0.1) is 11.8 Å². The molecular formula is C18H25ClO. The van der Waals surface area contributed by atoms with E-state index in [1.165, 1.54) is 24.0 Å². The highest BCUT2D eigenvalue weighted by atomic mass is 35.5. The highest BCUT2D eigenvalue weighted by molar-refractivity contribution is 6.20. The maximum Gasteiger partial charge on any atom is 0.126 e. The standard InChI is InChI=1S/C18H25ClO/c1-12-7-8-14(16(19)11-12)18(2,3)15-6-4-5-13-9-10-20-17(13)15/h4-6,12,14,16H,7-11H2,1-3H3. The Balaban J connectivity index is 1.94. The average Bonchev–Trinajstić information content (AvgIpc) is 2.85. The van der Waals surface area contributed by atoms with Crippen molar-refractivity contribution in [2.75, 3.05) is 6.61 Å². The number of rotatable bonds is 2. The fourth-order valence-electron chi connectivity index (χ4n) is 4.05. The largest absolute Gasteiger partial charge is 0.493 e. The van der Waals surface area contributed by atoms with E-state index >= 15 is 0 Å². The lowest BCUT2D eigenvalue weighted by atomic mass is 9.65. The molecule has 0 N–H and O–H groups in total. The zero-order chi connectivity index (χ0) is 14.3. The summed E-state index contributed by atoms with van der Waals surface area (Å²) in [6.45, 7) is 7.84. The number of ether oxygens (including phenoxy) is 1. The van der Waals surface area contributed by atoms with Crippen LogP contribution in [0.25, 0.3) is 0 Å². The molecule has 2 aliphatic rings. The fraction of sp³-hybridized carbons (Fsp3) is 0.667. The third kappa shape index (κ3) is 2.35. The first-order valence-corrected chi connectivity index (χ1v) is 8.33. The minimum absolute atomic E-state index is 0.0856. The van der Waals surface area contributed by atoms with Crippen LogP contribution >= 0.6 is 11.6 Å².